The zero-order valence-electron chi connectivity index (χ0n) is 61.7. The minimum atomic E-state index is -1.16. The molecule has 5 rings (SSSR count). The first-order valence-corrected chi connectivity index (χ1v) is 37.0. The lowest BCUT2D eigenvalue weighted by Gasteiger charge is -2.38. The Morgan fingerprint density at radius 2 is 0.928 bits per heavy atom. The van der Waals surface area contributed by atoms with Gasteiger partial charge in [0.2, 0.25) is 0 Å². The van der Waals surface area contributed by atoms with Crippen molar-refractivity contribution in [2.24, 2.45) is 41.4 Å². The molecule has 0 aliphatic carbocycles. The molecular formula is C77H132O20. The average Bonchev–Trinajstić information content (AvgIpc) is 0.861. The molecule has 29 atom stereocenters. The topological polar surface area (TPSA) is 288 Å². The first kappa shape index (κ1) is 84.7. The highest BCUT2D eigenvalue weighted by atomic mass is 16.6. The zero-order valence-corrected chi connectivity index (χ0v) is 61.7. The van der Waals surface area contributed by atoms with Crippen LogP contribution in [0.1, 0.15) is 211 Å². The van der Waals surface area contributed by atoms with E-state index in [1.54, 1.807) is 54.4 Å². The van der Waals surface area contributed by atoms with E-state index in [1.165, 1.54) is 12.2 Å². The smallest absolute Gasteiger partial charge is 0.331 e. The second-order valence-electron chi connectivity index (χ2n) is 30.2. The Kier molecular flexibility index (Phi) is 37.7. The van der Waals surface area contributed by atoms with Crippen LogP contribution in [0, 0.1) is 41.4 Å². The number of esters is 2. The molecule has 560 valence electrons. The van der Waals surface area contributed by atoms with Crippen molar-refractivity contribution >= 4 is 11.9 Å². The summed E-state index contributed by atoms with van der Waals surface area (Å²) in [6.07, 6.45) is 13.1. The van der Waals surface area contributed by atoms with Crippen LogP contribution in [0.5, 0.6) is 0 Å². The van der Waals surface area contributed by atoms with Crippen molar-refractivity contribution in [3.63, 3.8) is 0 Å². The molecule has 20 heteroatoms. The predicted molar refractivity (Wildman–Crippen MR) is 373 cm³/mol. The van der Waals surface area contributed by atoms with Crippen molar-refractivity contribution in [2.45, 2.75) is 345 Å². The Labute approximate surface area is 582 Å². The Balaban J connectivity index is 1.35. The average molecular weight is 1380 g/mol. The van der Waals surface area contributed by atoms with Gasteiger partial charge in [0.05, 0.1) is 122 Å². The molecule has 4 bridgehead atoms. The molecule has 5 heterocycles. The Morgan fingerprint density at radius 3 is 1.41 bits per heavy atom. The molecular weight excluding hydrogens is 1240 g/mol. The molecule has 0 unspecified atom stereocenters. The number of rotatable bonds is 16. The highest BCUT2D eigenvalue weighted by molar-refractivity contribution is 5.83. The van der Waals surface area contributed by atoms with Crippen LogP contribution in [0.4, 0.5) is 0 Å². The summed E-state index contributed by atoms with van der Waals surface area (Å²) >= 11 is 0. The standard InChI is InChI=1S/C77H132O20/c1-45-22-28-56(78)36-59-18-16-20-61(94-59)40-67(90-14)38-58(80)39-68(81)52(8)76(54(10)74(86)47(3)26-30-63-41-65(88-12)34-49(5)92-63)96-72(84)32-24-46(2)23-29-57(79)37-60-19-17-21-62(95-60)43-71(91-15)51(7)69(82)44-70(83)53(9)77(97-73(85)33-25-45)55(11)75(87)48(4)27-31-64-42-66(89-13)35-50(6)93-64/h17,19,22-25,32-33,47-71,74-83,86-87H,16,18,20-21,26-31,34-44H2,1-15H3/b32-24?,33-25-,45-22-,46-23-/t47-,48-,49-,50-,51-,52-,53-,54-,55-,56-,57-,58+,59-,60-,61+,62+,63-,64-,65+,66+,67+,68+,69-,70+,71-,74-,75-,76-,77-/m0/s1. The van der Waals surface area contributed by atoms with Crippen LogP contribution < -0.4 is 0 Å². The molecule has 97 heavy (non-hydrogen) atoms. The first-order chi connectivity index (χ1) is 46.0. The van der Waals surface area contributed by atoms with Gasteiger partial charge in [-0.2, -0.15) is 0 Å². The Bertz CT molecular complexity index is 2400. The number of methoxy groups -OCH3 is 4. The quantitative estimate of drug-likeness (QED) is 0.0527. The van der Waals surface area contributed by atoms with Crippen LogP contribution in [0.25, 0.3) is 0 Å². The maximum atomic E-state index is 13.9. The third-order valence-electron chi connectivity index (χ3n) is 22.0. The van der Waals surface area contributed by atoms with Gasteiger partial charge in [-0.05, 0) is 162 Å². The van der Waals surface area contributed by atoms with Crippen molar-refractivity contribution in [1.29, 1.82) is 0 Å². The molecule has 3 fully saturated rings. The van der Waals surface area contributed by atoms with Crippen molar-refractivity contribution in [3.05, 3.63) is 59.8 Å². The molecule has 0 amide bonds. The van der Waals surface area contributed by atoms with E-state index in [4.69, 9.17) is 47.4 Å². The number of ether oxygens (including phenoxy) is 10. The molecule has 0 aromatic heterocycles. The lowest BCUT2D eigenvalue weighted by molar-refractivity contribution is -0.158. The molecule has 20 nitrogen and oxygen atoms in total. The van der Waals surface area contributed by atoms with Crippen molar-refractivity contribution in [2.75, 3.05) is 28.4 Å². The number of hydrogen-bond acceptors (Lipinski definition) is 20. The van der Waals surface area contributed by atoms with Crippen LogP contribution in [-0.4, -0.2) is 216 Å². The lowest BCUT2D eigenvalue weighted by Crippen LogP contribution is -2.45. The summed E-state index contributed by atoms with van der Waals surface area (Å²) in [5.41, 5.74) is 1.41. The van der Waals surface area contributed by atoms with E-state index in [0.717, 1.165) is 44.9 Å². The summed E-state index contributed by atoms with van der Waals surface area (Å²) < 4.78 is 61.2. The van der Waals surface area contributed by atoms with E-state index >= 15 is 0 Å². The number of carbonyl (C=O) groups is 2. The lowest BCUT2D eigenvalue weighted by atomic mass is 9.78. The van der Waals surface area contributed by atoms with Gasteiger partial charge in [-0.1, -0.05) is 96.1 Å². The largest absolute Gasteiger partial charge is 0.458 e. The van der Waals surface area contributed by atoms with Crippen molar-refractivity contribution in [3.8, 4) is 0 Å². The number of allylic oxidation sites excluding steroid dienone is 4. The molecule has 5 aliphatic rings. The van der Waals surface area contributed by atoms with Gasteiger partial charge in [-0.15, -0.1) is 0 Å². The van der Waals surface area contributed by atoms with Gasteiger partial charge in [0.1, 0.15) is 12.2 Å². The first-order valence-electron chi connectivity index (χ1n) is 37.0. The molecule has 0 aromatic rings. The van der Waals surface area contributed by atoms with Crippen LogP contribution in [-0.2, 0) is 57.0 Å². The van der Waals surface area contributed by atoms with Crippen molar-refractivity contribution < 1.29 is 97.8 Å². The summed E-state index contributed by atoms with van der Waals surface area (Å²) in [6.45, 7) is 20.7. The molecule has 0 spiro atoms. The fourth-order valence-electron chi connectivity index (χ4n) is 15.5. The van der Waals surface area contributed by atoms with Crippen LogP contribution in [0.2, 0.25) is 0 Å². The van der Waals surface area contributed by atoms with Crippen LogP contribution in [0.15, 0.2) is 59.8 Å². The van der Waals surface area contributed by atoms with Gasteiger partial charge in [0.25, 0.3) is 0 Å². The van der Waals surface area contributed by atoms with E-state index in [-0.39, 0.29) is 98.9 Å². The van der Waals surface area contributed by atoms with Crippen LogP contribution >= 0.6 is 0 Å². The van der Waals surface area contributed by atoms with E-state index in [1.807, 2.05) is 86.6 Å². The molecule has 0 aromatic carbocycles. The van der Waals surface area contributed by atoms with Gasteiger partial charge in [-0.25, -0.2) is 9.59 Å². The van der Waals surface area contributed by atoms with Gasteiger partial charge in [0.15, 0.2) is 0 Å². The Morgan fingerprint density at radius 1 is 0.474 bits per heavy atom. The highest BCUT2D eigenvalue weighted by Gasteiger charge is 2.42. The number of cyclic esters (lactones) is 2. The number of aliphatic hydroxyl groups is 8. The number of carbonyl (C=O) groups excluding carboxylic acids is 2. The third-order valence-corrected chi connectivity index (χ3v) is 22.0. The summed E-state index contributed by atoms with van der Waals surface area (Å²) in [5, 5.41) is 94.0. The van der Waals surface area contributed by atoms with E-state index in [0.29, 0.717) is 68.9 Å². The number of fused-ring (bicyclic) bond motifs is 4. The van der Waals surface area contributed by atoms with E-state index in [2.05, 4.69) is 0 Å². The zero-order chi connectivity index (χ0) is 71.6. The summed E-state index contributed by atoms with van der Waals surface area (Å²) in [5.74, 6) is -4.94. The molecule has 8 N–H and O–H groups in total. The Hall–Kier alpha value is -3.00. The van der Waals surface area contributed by atoms with Gasteiger partial charge < -0.3 is 88.2 Å². The monoisotopic (exact) mass is 1380 g/mol. The minimum absolute atomic E-state index is 0.0233. The summed E-state index contributed by atoms with van der Waals surface area (Å²) in [6, 6.07) is 0. The van der Waals surface area contributed by atoms with Crippen LogP contribution in [0.3, 0.4) is 0 Å². The molecule has 5 aliphatic heterocycles. The predicted octanol–water partition coefficient (Wildman–Crippen LogP) is 10.1. The maximum absolute atomic E-state index is 13.9. The van der Waals surface area contributed by atoms with Crippen molar-refractivity contribution in [1.82, 2.24) is 0 Å². The second kappa shape index (κ2) is 43.2. The molecule has 0 radical (unpaired) electrons. The van der Waals surface area contributed by atoms with Gasteiger partial charge >= 0.3 is 11.9 Å². The normalized spacial score (nSPS) is 40.4. The van der Waals surface area contributed by atoms with Gasteiger partial charge in [-0.3, -0.25) is 0 Å². The molecule has 3 saturated heterocycles. The fraction of sp³-hybridized carbons (Fsp3) is 0.844. The minimum Gasteiger partial charge on any atom is -0.458 e. The second-order valence-corrected chi connectivity index (χ2v) is 30.2. The number of hydrogen-bond donors (Lipinski definition) is 8. The third kappa shape index (κ3) is 29.0. The highest BCUT2D eigenvalue weighted by Crippen LogP contribution is 2.37. The summed E-state index contributed by atoms with van der Waals surface area (Å²) in [7, 11) is 6.60. The number of aliphatic hydroxyl groups excluding tert-OH is 8. The molecule has 0 saturated carbocycles. The SMILES string of the molecule is CO[C@@H]1C[C@@H](O)C[C@@H](O)[C@H](C)[C@@H]([C@@H](C)[C@@H](O)[C@@H](C)CC[C@H]2C[C@H](OC)C[C@H](C)O2)OC(=O)C=C/C(C)=C\C[C@H](O)C[C@@H]2C=CC[C@H](C[C@H](OC)[C@@H](C)[C@@H](O)C[C@@H](O)[C@H](C)[C@@H]([C@@H](C)[C@@H](O)[C@@H](C)CC[C@H]3C[C@H](OC)C[C@H](C)O3)OC(=O)/C=C\C(C)=C/C[C@H](O)C[C@@H]3CCC[C@H](C1)O3)O2. The maximum Gasteiger partial charge on any atom is 0.331 e. The fourth-order valence-corrected chi connectivity index (χ4v) is 15.5. The summed E-state index contributed by atoms with van der Waals surface area (Å²) in [4.78, 5) is 27.8. The van der Waals surface area contributed by atoms with Gasteiger partial charge in [0, 0.05) is 83.0 Å². The van der Waals surface area contributed by atoms with E-state index in [9.17, 15) is 50.4 Å². The van der Waals surface area contributed by atoms with E-state index < -0.39 is 121 Å².